The van der Waals surface area contributed by atoms with Crippen LogP contribution in [-0.2, 0) is 4.79 Å². The van der Waals surface area contributed by atoms with Gasteiger partial charge in [0, 0.05) is 25.7 Å². The van der Waals surface area contributed by atoms with E-state index in [0.717, 1.165) is 32.7 Å². The molecule has 1 atom stereocenters. The maximum atomic E-state index is 12.1. The Bertz CT molecular complexity index is 264. The van der Waals surface area contributed by atoms with Gasteiger partial charge in [0.2, 0.25) is 5.91 Å². The van der Waals surface area contributed by atoms with Crippen LogP contribution in [0.3, 0.4) is 0 Å². The Kier molecular flexibility index (Phi) is 5.45. The molecule has 1 N–H and O–H groups in total. The summed E-state index contributed by atoms with van der Waals surface area (Å²) < 4.78 is 0. The Balaban J connectivity index is 1.72. The number of nitrogens with one attached hydrogen (secondary N) is 1. The normalized spacial score (nSPS) is 25.6. The van der Waals surface area contributed by atoms with Crippen molar-refractivity contribution in [2.24, 2.45) is 0 Å². The van der Waals surface area contributed by atoms with E-state index in [4.69, 9.17) is 0 Å². The topological polar surface area (TPSA) is 35.6 Å². The largest absolute Gasteiger partial charge is 0.342 e. The molecule has 2 aliphatic rings. The standard InChI is InChI=1S/C14H27N3O/c1-2-7-15-13-6-5-8-16(11-13)12-14(18)17-9-3-4-10-17/h13,15H,2-12H2,1H3. The van der Waals surface area contributed by atoms with E-state index in [1.165, 1.54) is 32.1 Å². The maximum absolute atomic E-state index is 12.1. The molecule has 0 radical (unpaired) electrons. The summed E-state index contributed by atoms with van der Waals surface area (Å²) in [6.07, 6.45) is 6.03. The first-order valence-electron chi connectivity index (χ1n) is 7.53. The van der Waals surface area contributed by atoms with Gasteiger partial charge in [-0.1, -0.05) is 6.92 Å². The molecule has 0 aromatic carbocycles. The van der Waals surface area contributed by atoms with E-state index in [9.17, 15) is 4.79 Å². The van der Waals surface area contributed by atoms with Crippen molar-refractivity contribution in [1.29, 1.82) is 0 Å². The van der Waals surface area contributed by atoms with Crippen LogP contribution in [0.25, 0.3) is 0 Å². The molecule has 1 amide bonds. The first-order valence-corrected chi connectivity index (χ1v) is 7.53. The van der Waals surface area contributed by atoms with E-state index in [1.54, 1.807) is 0 Å². The lowest BCUT2D eigenvalue weighted by molar-refractivity contribution is -0.131. The predicted octanol–water partition coefficient (Wildman–Crippen LogP) is 1.07. The van der Waals surface area contributed by atoms with E-state index >= 15 is 0 Å². The van der Waals surface area contributed by atoms with Crippen molar-refractivity contribution in [3.63, 3.8) is 0 Å². The lowest BCUT2D eigenvalue weighted by Crippen LogP contribution is -2.49. The number of hydrogen-bond acceptors (Lipinski definition) is 3. The van der Waals surface area contributed by atoms with Crippen molar-refractivity contribution < 1.29 is 4.79 Å². The number of carbonyl (C=O) groups excluding carboxylic acids is 1. The molecule has 0 aliphatic carbocycles. The fourth-order valence-corrected chi connectivity index (χ4v) is 2.97. The average molecular weight is 253 g/mol. The third-order valence-corrected chi connectivity index (χ3v) is 4.01. The highest BCUT2D eigenvalue weighted by Gasteiger charge is 2.24. The Morgan fingerprint density at radius 1 is 1.22 bits per heavy atom. The molecular weight excluding hydrogens is 226 g/mol. The number of likely N-dealkylation sites (tertiary alicyclic amines) is 2. The molecule has 2 rings (SSSR count). The molecule has 0 aromatic rings. The minimum absolute atomic E-state index is 0.337. The monoisotopic (exact) mass is 253 g/mol. The van der Waals surface area contributed by atoms with Crippen LogP contribution in [0, 0.1) is 0 Å². The molecule has 2 heterocycles. The van der Waals surface area contributed by atoms with Crippen molar-refractivity contribution in [2.75, 3.05) is 39.3 Å². The highest BCUT2D eigenvalue weighted by molar-refractivity contribution is 5.78. The highest BCUT2D eigenvalue weighted by atomic mass is 16.2. The van der Waals surface area contributed by atoms with Crippen LogP contribution in [0.2, 0.25) is 0 Å². The van der Waals surface area contributed by atoms with Crippen LogP contribution in [0.1, 0.15) is 39.0 Å². The molecule has 4 nitrogen and oxygen atoms in total. The van der Waals surface area contributed by atoms with Gasteiger partial charge >= 0.3 is 0 Å². The van der Waals surface area contributed by atoms with Crippen LogP contribution in [0.4, 0.5) is 0 Å². The van der Waals surface area contributed by atoms with Gasteiger partial charge in [-0.3, -0.25) is 9.69 Å². The molecule has 0 spiro atoms. The number of hydrogen-bond donors (Lipinski definition) is 1. The summed E-state index contributed by atoms with van der Waals surface area (Å²) in [5.74, 6) is 0.337. The van der Waals surface area contributed by atoms with Gasteiger partial charge in [-0.05, 0) is 45.2 Å². The Morgan fingerprint density at radius 2 is 2.00 bits per heavy atom. The van der Waals surface area contributed by atoms with Crippen molar-refractivity contribution in [3.05, 3.63) is 0 Å². The molecule has 2 saturated heterocycles. The maximum Gasteiger partial charge on any atom is 0.236 e. The average Bonchev–Trinajstić information content (AvgIpc) is 2.91. The van der Waals surface area contributed by atoms with Crippen LogP contribution >= 0.6 is 0 Å². The smallest absolute Gasteiger partial charge is 0.236 e. The van der Waals surface area contributed by atoms with Crippen LogP contribution in [0.5, 0.6) is 0 Å². The summed E-state index contributed by atoms with van der Waals surface area (Å²) in [6, 6.07) is 0.588. The van der Waals surface area contributed by atoms with E-state index in [0.29, 0.717) is 18.5 Å². The third kappa shape index (κ3) is 3.95. The second-order valence-corrected chi connectivity index (χ2v) is 5.62. The minimum atomic E-state index is 0.337. The Hall–Kier alpha value is -0.610. The minimum Gasteiger partial charge on any atom is -0.342 e. The van der Waals surface area contributed by atoms with Gasteiger partial charge in [-0.2, -0.15) is 0 Å². The van der Waals surface area contributed by atoms with Crippen LogP contribution in [0.15, 0.2) is 0 Å². The molecule has 0 bridgehead atoms. The van der Waals surface area contributed by atoms with Gasteiger partial charge in [-0.15, -0.1) is 0 Å². The molecule has 1 unspecified atom stereocenters. The summed E-state index contributed by atoms with van der Waals surface area (Å²) in [7, 11) is 0. The Morgan fingerprint density at radius 3 is 2.72 bits per heavy atom. The number of amides is 1. The van der Waals surface area contributed by atoms with Crippen LogP contribution < -0.4 is 5.32 Å². The van der Waals surface area contributed by atoms with Crippen molar-refractivity contribution in [2.45, 2.75) is 45.1 Å². The van der Waals surface area contributed by atoms with Gasteiger partial charge in [0.1, 0.15) is 0 Å². The highest BCUT2D eigenvalue weighted by Crippen LogP contribution is 2.12. The van der Waals surface area contributed by atoms with E-state index in [1.807, 2.05) is 4.90 Å². The first-order chi connectivity index (χ1) is 8.79. The predicted molar refractivity (Wildman–Crippen MR) is 73.6 cm³/mol. The molecule has 4 heteroatoms. The van der Waals surface area contributed by atoms with Gasteiger partial charge in [0.15, 0.2) is 0 Å². The molecule has 0 aromatic heterocycles. The second-order valence-electron chi connectivity index (χ2n) is 5.62. The van der Waals surface area contributed by atoms with Gasteiger partial charge in [0.05, 0.1) is 6.54 Å². The van der Waals surface area contributed by atoms with Gasteiger partial charge < -0.3 is 10.2 Å². The second kappa shape index (κ2) is 7.10. The summed E-state index contributed by atoms with van der Waals surface area (Å²) in [4.78, 5) is 16.5. The molecule has 18 heavy (non-hydrogen) atoms. The lowest BCUT2D eigenvalue weighted by Gasteiger charge is -2.33. The molecule has 0 saturated carbocycles. The SMILES string of the molecule is CCCNC1CCCN(CC(=O)N2CCCC2)C1. The van der Waals surface area contributed by atoms with Crippen LogP contribution in [-0.4, -0.2) is 61.0 Å². The number of nitrogens with zero attached hydrogens (tertiary/aromatic N) is 2. The first kappa shape index (κ1) is 13.8. The zero-order valence-corrected chi connectivity index (χ0v) is 11.7. The number of carbonyl (C=O) groups is 1. The Labute approximate surface area is 111 Å². The van der Waals surface area contributed by atoms with Crippen molar-refractivity contribution in [1.82, 2.24) is 15.1 Å². The third-order valence-electron chi connectivity index (χ3n) is 4.01. The molecule has 104 valence electrons. The molecule has 2 aliphatic heterocycles. The van der Waals surface area contributed by atoms with E-state index in [2.05, 4.69) is 17.1 Å². The quantitative estimate of drug-likeness (QED) is 0.796. The van der Waals surface area contributed by atoms with E-state index < -0.39 is 0 Å². The van der Waals surface area contributed by atoms with Gasteiger partial charge in [0.25, 0.3) is 0 Å². The molecule has 2 fully saturated rings. The molecular formula is C14H27N3O. The zero-order chi connectivity index (χ0) is 12.8. The lowest BCUT2D eigenvalue weighted by atomic mass is 10.1. The fourth-order valence-electron chi connectivity index (χ4n) is 2.97. The summed E-state index contributed by atoms with van der Waals surface area (Å²) in [5, 5.41) is 3.58. The summed E-state index contributed by atoms with van der Waals surface area (Å²) >= 11 is 0. The summed E-state index contributed by atoms with van der Waals surface area (Å²) in [6.45, 7) is 8.01. The van der Waals surface area contributed by atoms with Crippen molar-refractivity contribution in [3.8, 4) is 0 Å². The zero-order valence-electron chi connectivity index (χ0n) is 11.7. The van der Waals surface area contributed by atoms with E-state index in [-0.39, 0.29) is 0 Å². The number of piperidine rings is 1. The number of rotatable bonds is 5. The fraction of sp³-hybridized carbons (Fsp3) is 0.929. The van der Waals surface area contributed by atoms with Gasteiger partial charge in [-0.25, -0.2) is 0 Å². The van der Waals surface area contributed by atoms with Crippen molar-refractivity contribution >= 4 is 5.91 Å². The summed E-state index contributed by atoms with van der Waals surface area (Å²) in [5.41, 5.74) is 0.